The molecule has 0 saturated carbocycles. The highest BCUT2D eigenvalue weighted by Gasteiger charge is 2.10. The normalized spacial score (nSPS) is 10.3. The van der Waals surface area contributed by atoms with Gasteiger partial charge in [-0.25, -0.2) is 4.79 Å². The van der Waals surface area contributed by atoms with E-state index >= 15 is 0 Å². The summed E-state index contributed by atoms with van der Waals surface area (Å²) in [4.78, 5) is 12.0. The number of hydrogen-bond donors (Lipinski definition) is 3. The van der Waals surface area contributed by atoms with E-state index in [1.54, 1.807) is 30.3 Å². The molecule has 0 aliphatic heterocycles. The minimum atomic E-state index is -0.419. The van der Waals surface area contributed by atoms with Gasteiger partial charge in [-0.05, 0) is 30.3 Å². The van der Waals surface area contributed by atoms with Gasteiger partial charge in [0.2, 0.25) is 0 Å². The fraction of sp³-hybridized carbons (Fsp3) is 0.0714. The first-order valence-corrected chi connectivity index (χ1v) is 7.88. The van der Waals surface area contributed by atoms with E-state index in [2.05, 4.69) is 42.5 Å². The van der Waals surface area contributed by atoms with Gasteiger partial charge in [-0.1, -0.05) is 49.5 Å². The zero-order valence-electron chi connectivity index (χ0n) is 10.7. The Morgan fingerprint density at radius 3 is 2.43 bits per heavy atom. The van der Waals surface area contributed by atoms with Crippen LogP contribution in [0.4, 0.5) is 16.2 Å². The van der Waals surface area contributed by atoms with Crippen LogP contribution in [0.2, 0.25) is 5.02 Å². The second kappa shape index (κ2) is 7.26. The number of anilines is 2. The first kappa shape index (κ1) is 16.3. The zero-order valence-corrected chi connectivity index (χ0v) is 14.6. The molecule has 0 aliphatic carbocycles. The molecular formula is C14H11Br2ClN2O2. The number of aliphatic hydroxyl groups is 1. The van der Waals surface area contributed by atoms with E-state index in [1.807, 2.05) is 6.07 Å². The Labute approximate surface area is 143 Å². The molecule has 0 aliphatic rings. The lowest BCUT2D eigenvalue weighted by Crippen LogP contribution is -2.20. The monoisotopic (exact) mass is 432 g/mol. The van der Waals surface area contributed by atoms with Gasteiger partial charge < -0.3 is 15.7 Å². The second-order valence-corrected chi connectivity index (χ2v) is 6.40. The van der Waals surface area contributed by atoms with Gasteiger partial charge in [-0.3, -0.25) is 0 Å². The molecular weight excluding hydrogens is 423 g/mol. The van der Waals surface area contributed by atoms with Crippen LogP contribution in [0.1, 0.15) is 5.56 Å². The molecule has 3 N–H and O–H groups in total. The first-order chi connectivity index (χ1) is 9.99. The third kappa shape index (κ3) is 4.44. The predicted octanol–water partition coefficient (Wildman–Crippen LogP) is 5.00. The molecule has 0 fully saturated rings. The number of carbonyl (C=O) groups excluding carboxylic acids is 1. The Balaban J connectivity index is 2.13. The van der Waals surface area contributed by atoms with Crippen molar-refractivity contribution in [3.63, 3.8) is 0 Å². The predicted molar refractivity (Wildman–Crippen MR) is 91.9 cm³/mol. The molecule has 0 spiro atoms. The van der Waals surface area contributed by atoms with E-state index in [0.29, 0.717) is 22.0 Å². The van der Waals surface area contributed by atoms with E-state index < -0.39 is 6.03 Å². The summed E-state index contributed by atoms with van der Waals surface area (Å²) in [6, 6.07) is 10.0. The molecule has 0 bridgehead atoms. The van der Waals surface area contributed by atoms with Crippen molar-refractivity contribution in [1.29, 1.82) is 0 Å². The number of aliphatic hydroxyl groups excluding tert-OH is 1. The Bertz CT molecular complexity index is 660. The first-order valence-electron chi connectivity index (χ1n) is 5.92. The third-order valence-electron chi connectivity index (χ3n) is 2.65. The number of benzene rings is 2. The maximum atomic E-state index is 12.0. The number of amides is 2. The van der Waals surface area contributed by atoms with E-state index in [0.717, 1.165) is 8.95 Å². The van der Waals surface area contributed by atoms with Gasteiger partial charge in [0.15, 0.2) is 0 Å². The average Bonchev–Trinajstić information content (AvgIpc) is 2.37. The number of nitrogens with one attached hydrogen (secondary N) is 2. The van der Waals surface area contributed by atoms with Crippen LogP contribution in [0.25, 0.3) is 0 Å². The van der Waals surface area contributed by atoms with Crippen molar-refractivity contribution in [3.8, 4) is 0 Å². The van der Waals surface area contributed by atoms with Crippen molar-refractivity contribution < 1.29 is 9.90 Å². The third-order valence-corrected chi connectivity index (χ3v) is 3.92. The molecule has 0 heterocycles. The lowest BCUT2D eigenvalue weighted by atomic mass is 10.2. The maximum absolute atomic E-state index is 12.0. The van der Waals surface area contributed by atoms with Crippen LogP contribution in [0.5, 0.6) is 0 Å². The lowest BCUT2D eigenvalue weighted by Gasteiger charge is -2.12. The van der Waals surface area contributed by atoms with Gasteiger partial charge in [0, 0.05) is 30.9 Å². The molecule has 2 amide bonds. The van der Waals surface area contributed by atoms with Crippen molar-refractivity contribution in [2.24, 2.45) is 0 Å². The molecule has 2 aromatic rings. The van der Waals surface area contributed by atoms with Crippen LogP contribution in [-0.4, -0.2) is 11.1 Å². The Morgan fingerprint density at radius 2 is 1.81 bits per heavy atom. The molecule has 0 radical (unpaired) electrons. The Hall–Kier alpha value is -1.08. The summed E-state index contributed by atoms with van der Waals surface area (Å²) in [5.41, 5.74) is 1.57. The molecule has 110 valence electrons. The van der Waals surface area contributed by atoms with Gasteiger partial charge in [0.05, 0.1) is 6.61 Å². The van der Waals surface area contributed by atoms with Crippen molar-refractivity contribution >= 4 is 60.9 Å². The Kier molecular flexibility index (Phi) is 5.64. The quantitative estimate of drug-likeness (QED) is 0.637. The molecule has 0 unspecified atom stereocenters. The molecule has 7 heteroatoms. The summed E-state index contributed by atoms with van der Waals surface area (Å²) in [6.45, 7) is -0.252. The van der Waals surface area contributed by atoms with E-state index in [9.17, 15) is 9.90 Å². The largest absolute Gasteiger partial charge is 0.392 e. The highest BCUT2D eigenvalue weighted by atomic mass is 79.9. The van der Waals surface area contributed by atoms with E-state index in [1.165, 1.54) is 0 Å². The molecule has 2 aromatic carbocycles. The summed E-state index contributed by atoms with van der Waals surface area (Å²) in [6.07, 6.45) is 0. The van der Waals surface area contributed by atoms with Crippen LogP contribution < -0.4 is 10.6 Å². The topological polar surface area (TPSA) is 61.4 Å². The standard InChI is InChI=1S/C14H11Br2ClN2O2/c15-8-4-9(16)6-10(5-8)18-14(21)19-13-3-1-2-12(17)11(13)7-20/h1-6,20H,7H2,(H2,18,19,21). The van der Waals surface area contributed by atoms with Crippen molar-refractivity contribution in [1.82, 2.24) is 0 Å². The molecule has 0 atom stereocenters. The summed E-state index contributed by atoms with van der Waals surface area (Å²) in [5, 5.41) is 15.1. The molecule has 2 rings (SSSR count). The van der Waals surface area contributed by atoms with Gasteiger partial charge in [-0.15, -0.1) is 0 Å². The zero-order chi connectivity index (χ0) is 15.4. The number of urea groups is 1. The highest BCUT2D eigenvalue weighted by molar-refractivity contribution is 9.11. The summed E-state index contributed by atoms with van der Waals surface area (Å²) >= 11 is 12.7. The molecule has 0 saturated heterocycles. The maximum Gasteiger partial charge on any atom is 0.323 e. The average molecular weight is 435 g/mol. The van der Waals surface area contributed by atoms with E-state index in [4.69, 9.17) is 11.6 Å². The summed E-state index contributed by atoms with van der Waals surface area (Å²) in [7, 11) is 0. The number of halogens is 3. The van der Waals surface area contributed by atoms with Crippen LogP contribution in [0, 0.1) is 0 Å². The van der Waals surface area contributed by atoms with Gasteiger partial charge in [0.1, 0.15) is 0 Å². The van der Waals surface area contributed by atoms with Crippen molar-refractivity contribution in [2.45, 2.75) is 6.61 Å². The smallest absolute Gasteiger partial charge is 0.323 e. The summed E-state index contributed by atoms with van der Waals surface area (Å²) in [5.74, 6) is 0. The summed E-state index contributed by atoms with van der Waals surface area (Å²) < 4.78 is 1.68. The van der Waals surface area contributed by atoms with Crippen LogP contribution in [0.15, 0.2) is 45.3 Å². The fourth-order valence-electron chi connectivity index (χ4n) is 1.75. The highest BCUT2D eigenvalue weighted by Crippen LogP contribution is 2.26. The second-order valence-electron chi connectivity index (χ2n) is 4.16. The van der Waals surface area contributed by atoms with Gasteiger partial charge in [0.25, 0.3) is 0 Å². The van der Waals surface area contributed by atoms with E-state index in [-0.39, 0.29) is 6.61 Å². The fourth-order valence-corrected chi connectivity index (χ4v) is 3.28. The Morgan fingerprint density at radius 1 is 1.14 bits per heavy atom. The minimum Gasteiger partial charge on any atom is -0.392 e. The number of carbonyl (C=O) groups is 1. The SMILES string of the molecule is O=C(Nc1cc(Br)cc(Br)c1)Nc1cccc(Cl)c1CO. The lowest BCUT2D eigenvalue weighted by molar-refractivity contribution is 0.262. The number of rotatable bonds is 3. The van der Waals surface area contributed by atoms with Crippen molar-refractivity contribution in [2.75, 3.05) is 10.6 Å². The molecule has 0 aromatic heterocycles. The minimum absolute atomic E-state index is 0.252. The van der Waals surface area contributed by atoms with Gasteiger partial charge in [-0.2, -0.15) is 0 Å². The van der Waals surface area contributed by atoms with Crippen LogP contribution >= 0.6 is 43.5 Å². The molecule has 4 nitrogen and oxygen atoms in total. The van der Waals surface area contributed by atoms with Gasteiger partial charge >= 0.3 is 6.03 Å². The van der Waals surface area contributed by atoms with Crippen LogP contribution in [-0.2, 0) is 6.61 Å². The molecule has 21 heavy (non-hydrogen) atoms. The van der Waals surface area contributed by atoms with Crippen molar-refractivity contribution in [3.05, 3.63) is 55.9 Å². The number of hydrogen-bond acceptors (Lipinski definition) is 2. The van der Waals surface area contributed by atoms with Crippen LogP contribution in [0.3, 0.4) is 0 Å².